The third-order valence-corrected chi connectivity index (χ3v) is 6.89. The first-order valence-corrected chi connectivity index (χ1v) is 11.0. The van der Waals surface area contributed by atoms with Gasteiger partial charge in [0.05, 0.1) is 31.2 Å². The van der Waals surface area contributed by atoms with Gasteiger partial charge in [0.1, 0.15) is 0 Å². The number of sulfonamides is 1. The van der Waals surface area contributed by atoms with Crippen molar-refractivity contribution in [3.8, 4) is 0 Å². The van der Waals surface area contributed by atoms with Crippen LogP contribution in [0.2, 0.25) is 0 Å². The van der Waals surface area contributed by atoms with E-state index in [0.717, 1.165) is 11.5 Å². The molecule has 2 fully saturated rings. The average molecular weight is 401 g/mol. The molecule has 0 aromatic carbocycles. The fourth-order valence-electron chi connectivity index (χ4n) is 3.38. The van der Waals surface area contributed by atoms with E-state index in [2.05, 4.69) is 10.1 Å². The number of amides is 1. The van der Waals surface area contributed by atoms with Gasteiger partial charge in [-0.2, -0.15) is 4.31 Å². The van der Waals surface area contributed by atoms with Crippen molar-refractivity contribution in [1.29, 1.82) is 0 Å². The Morgan fingerprint density at radius 1 is 1.15 bits per heavy atom. The molecule has 0 spiro atoms. The Bertz CT molecular complexity index is 721. The molecule has 3 heterocycles. The number of rotatable bonds is 7. The van der Waals surface area contributed by atoms with Crippen LogP contribution in [0, 0.1) is 6.92 Å². The molecule has 0 bridgehead atoms. The van der Waals surface area contributed by atoms with Crippen LogP contribution in [0.4, 0.5) is 0 Å². The Balaban J connectivity index is 1.39. The van der Waals surface area contributed by atoms with Crippen LogP contribution < -0.4 is 0 Å². The van der Waals surface area contributed by atoms with E-state index in [1.807, 2.05) is 13.0 Å². The van der Waals surface area contributed by atoms with Gasteiger partial charge in [-0.1, -0.05) is 5.16 Å². The lowest BCUT2D eigenvalue weighted by molar-refractivity contribution is -0.135. The molecule has 27 heavy (non-hydrogen) atoms. The van der Waals surface area contributed by atoms with Crippen molar-refractivity contribution in [1.82, 2.24) is 19.3 Å². The highest BCUT2D eigenvalue weighted by Gasteiger charge is 2.27. The molecule has 10 heteroatoms. The van der Waals surface area contributed by atoms with Gasteiger partial charge in [-0.3, -0.25) is 9.69 Å². The van der Waals surface area contributed by atoms with E-state index in [4.69, 9.17) is 9.26 Å². The van der Waals surface area contributed by atoms with Crippen LogP contribution in [0.25, 0.3) is 0 Å². The van der Waals surface area contributed by atoms with E-state index >= 15 is 0 Å². The lowest BCUT2D eigenvalue weighted by atomic mass is 10.3. The molecule has 1 aromatic heterocycles. The summed E-state index contributed by atoms with van der Waals surface area (Å²) in [6.07, 6.45) is 0.625. The number of piperazine rings is 1. The summed E-state index contributed by atoms with van der Waals surface area (Å²) in [7, 11) is -3.33. The Morgan fingerprint density at radius 2 is 1.85 bits per heavy atom. The second-order valence-corrected chi connectivity index (χ2v) is 9.11. The van der Waals surface area contributed by atoms with Gasteiger partial charge in [-0.25, -0.2) is 8.42 Å². The van der Waals surface area contributed by atoms with Crippen molar-refractivity contribution in [2.75, 3.05) is 58.2 Å². The minimum atomic E-state index is -3.33. The largest absolute Gasteiger partial charge is 0.378 e. The summed E-state index contributed by atoms with van der Waals surface area (Å²) in [5.41, 5.74) is 0.845. The summed E-state index contributed by atoms with van der Waals surface area (Å²) in [6, 6.07) is 1.90. The highest BCUT2D eigenvalue weighted by atomic mass is 32.2. The highest BCUT2D eigenvalue weighted by molar-refractivity contribution is 7.89. The van der Waals surface area contributed by atoms with Gasteiger partial charge in [0, 0.05) is 51.8 Å². The van der Waals surface area contributed by atoms with Gasteiger partial charge in [-0.05, 0) is 13.3 Å². The van der Waals surface area contributed by atoms with Gasteiger partial charge in [0.15, 0.2) is 5.76 Å². The molecule has 152 valence electrons. The minimum Gasteiger partial charge on any atom is -0.378 e. The average Bonchev–Trinajstić information content (AvgIpc) is 3.07. The number of morpholine rings is 1. The molecular weight excluding hydrogens is 372 g/mol. The second-order valence-electron chi connectivity index (χ2n) is 7.02. The predicted octanol–water partition coefficient (Wildman–Crippen LogP) is 0.0694. The van der Waals surface area contributed by atoms with E-state index in [1.165, 1.54) is 4.31 Å². The molecule has 0 atom stereocenters. The zero-order chi connectivity index (χ0) is 19.3. The molecule has 0 N–H and O–H groups in total. The van der Waals surface area contributed by atoms with E-state index in [0.29, 0.717) is 65.4 Å². The maximum absolute atomic E-state index is 12.5. The van der Waals surface area contributed by atoms with Crippen LogP contribution in [0.1, 0.15) is 24.3 Å². The molecule has 1 amide bonds. The Morgan fingerprint density at radius 3 is 2.48 bits per heavy atom. The zero-order valence-electron chi connectivity index (χ0n) is 15.8. The number of nitrogens with zero attached hydrogens (tertiary/aromatic N) is 4. The third-order valence-electron chi connectivity index (χ3n) is 4.94. The molecule has 0 radical (unpaired) electrons. The standard InChI is InChI=1S/C17H28N4O5S/c1-15-13-16(26-18-15)14-19-4-6-21(7-5-19)27(23,24)12-2-3-17(22)20-8-10-25-11-9-20/h13H,2-12,14H2,1H3. The van der Waals surface area contributed by atoms with Gasteiger partial charge in [0.2, 0.25) is 15.9 Å². The van der Waals surface area contributed by atoms with Gasteiger partial charge in [-0.15, -0.1) is 0 Å². The summed E-state index contributed by atoms with van der Waals surface area (Å²) in [5, 5.41) is 3.87. The smallest absolute Gasteiger partial charge is 0.222 e. The number of hydrogen-bond acceptors (Lipinski definition) is 7. The van der Waals surface area contributed by atoms with E-state index in [1.54, 1.807) is 4.90 Å². The minimum absolute atomic E-state index is 0.0145. The quantitative estimate of drug-likeness (QED) is 0.639. The van der Waals surface area contributed by atoms with Crippen molar-refractivity contribution in [3.05, 3.63) is 17.5 Å². The maximum Gasteiger partial charge on any atom is 0.222 e. The second kappa shape index (κ2) is 9.13. The molecule has 0 aliphatic carbocycles. The summed E-state index contributed by atoms with van der Waals surface area (Å²) in [6.45, 7) is 7.07. The van der Waals surface area contributed by atoms with Crippen molar-refractivity contribution >= 4 is 15.9 Å². The summed E-state index contributed by atoms with van der Waals surface area (Å²) in [5.74, 6) is 0.829. The maximum atomic E-state index is 12.5. The molecule has 1 aromatic rings. The van der Waals surface area contributed by atoms with E-state index in [9.17, 15) is 13.2 Å². The summed E-state index contributed by atoms with van der Waals surface area (Å²) >= 11 is 0. The molecule has 2 aliphatic heterocycles. The van der Waals surface area contributed by atoms with Crippen LogP contribution >= 0.6 is 0 Å². The number of aryl methyl sites for hydroxylation is 1. The number of aromatic nitrogens is 1. The monoisotopic (exact) mass is 400 g/mol. The number of hydrogen-bond donors (Lipinski definition) is 0. The molecule has 2 saturated heterocycles. The number of carbonyl (C=O) groups is 1. The summed E-state index contributed by atoms with van der Waals surface area (Å²) < 4.78 is 37.1. The van der Waals surface area contributed by atoms with Crippen molar-refractivity contribution in [2.24, 2.45) is 0 Å². The van der Waals surface area contributed by atoms with Crippen LogP contribution in [-0.2, 0) is 26.1 Å². The lowest BCUT2D eigenvalue weighted by Crippen LogP contribution is -2.48. The zero-order valence-corrected chi connectivity index (χ0v) is 16.6. The van der Waals surface area contributed by atoms with Crippen molar-refractivity contribution in [2.45, 2.75) is 26.3 Å². The van der Waals surface area contributed by atoms with Crippen LogP contribution in [0.15, 0.2) is 10.6 Å². The Hall–Kier alpha value is -1.49. The van der Waals surface area contributed by atoms with E-state index in [-0.39, 0.29) is 18.1 Å². The van der Waals surface area contributed by atoms with Crippen LogP contribution in [0.5, 0.6) is 0 Å². The fraction of sp³-hybridized carbons (Fsp3) is 0.765. The first kappa shape index (κ1) is 20.2. The molecular formula is C17H28N4O5S. The highest BCUT2D eigenvalue weighted by Crippen LogP contribution is 2.14. The van der Waals surface area contributed by atoms with Crippen LogP contribution in [0.3, 0.4) is 0 Å². The molecule has 0 unspecified atom stereocenters. The number of ether oxygens (including phenoxy) is 1. The SMILES string of the molecule is Cc1cc(CN2CCN(S(=O)(=O)CCCC(=O)N3CCOCC3)CC2)on1. The Kier molecular flexibility index (Phi) is 6.85. The predicted molar refractivity (Wildman–Crippen MR) is 98.5 cm³/mol. The normalized spacial score (nSPS) is 20.1. The van der Waals surface area contributed by atoms with Gasteiger partial charge < -0.3 is 14.2 Å². The lowest BCUT2D eigenvalue weighted by Gasteiger charge is -2.33. The third kappa shape index (κ3) is 5.74. The van der Waals surface area contributed by atoms with E-state index < -0.39 is 10.0 Å². The molecule has 3 rings (SSSR count). The Labute approximate surface area is 160 Å². The number of carbonyl (C=O) groups excluding carboxylic acids is 1. The van der Waals surface area contributed by atoms with Crippen molar-refractivity contribution in [3.63, 3.8) is 0 Å². The first-order chi connectivity index (χ1) is 12.9. The van der Waals surface area contributed by atoms with Gasteiger partial charge >= 0.3 is 0 Å². The van der Waals surface area contributed by atoms with Crippen LogP contribution in [-0.4, -0.2) is 91.8 Å². The summed E-state index contributed by atoms with van der Waals surface area (Å²) in [4.78, 5) is 16.0. The topological polar surface area (TPSA) is 96.2 Å². The fourth-order valence-corrected chi connectivity index (χ4v) is 4.87. The first-order valence-electron chi connectivity index (χ1n) is 9.42. The van der Waals surface area contributed by atoms with Crippen molar-refractivity contribution < 1.29 is 22.5 Å². The molecule has 9 nitrogen and oxygen atoms in total. The molecule has 2 aliphatic rings. The van der Waals surface area contributed by atoms with Gasteiger partial charge in [0.25, 0.3) is 0 Å². The molecule has 0 saturated carbocycles.